The average Bonchev–Trinajstić information content (AvgIpc) is 1.61. The van der Waals surface area contributed by atoms with Crippen LogP contribution in [0.15, 0.2) is 5.10 Å². The van der Waals surface area contributed by atoms with Gasteiger partial charge in [0, 0.05) is 7.05 Å². The van der Waals surface area contributed by atoms with Crippen molar-refractivity contribution in [3.8, 4) is 0 Å². The summed E-state index contributed by atoms with van der Waals surface area (Å²) in [6, 6.07) is 0. The van der Waals surface area contributed by atoms with E-state index in [9.17, 15) is 0 Å². The van der Waals surface area contributed by atoms with Crippen LogP contribution in [0.3, 0.4) is 0 Å². The molecule has 0 unspecified atom stereocenters. The largest absolute Gasteiger partial charge is 0.322 e. The van der Waals surface area contributed by atoms with Gasteiger partial charge in [-0.1, -0.05) is 0 Å². The topological polar surface area (TPSA) is 62.4 Å². The fourth-order valence-corrected chi connectivity index (χ4v) is 0.102. The van der Waals surface area contributed by atoms with E-state index in [2.05, 4.69) is 21.8 Å². The molecule has 0 fully saturated rings. The minimum Gasteiger partial charge on any atom is -0.322 e. The number of nitrogens with two attached hydrogens (primary N) is 1. The van der Waals surface area contributed by atoms with Crippen LogP contribution >= 0.6 is 0 Å². The number of nitrogens with one attached hydrogen (secondary N) is 2. The van der Waals surface area contributed by atoms with Crippen LogP contribution in [0.1, 0.15) is 0 Å². The molecule has 0 aliphatic heterocycles. The van der Waals surface area contributed by atoms with Crippen molar-refractivity contribution in [1.82, 2.24) is 10.9 Å². The van der Waals surface area contributed by atoms with Crippen molar-refractivity contribution in [2.75, 3.05) is 7.05 Å². The lowest BCUT2D eigenvalue weighted by Gasteiger charge is -1.87. The van der Waals surface area contributed by atoms with Crippen LogP contribution < -0.4 is 16.7 Å². The van der Waals surface area contributed by atoms with Gasteiger partial charge in [0.05, 0.1) is 0 Å². The molecule has 0 aromatic heterocycles. The van der Waals surface area contributed by atoms with Crippen molar-refractivity contribution in [1.29, 1.82) is 0 Å². The third-order valence-corrected chi connectivity index (χ3v) is 0.283. The monoisotopic (exact) mass is 88.1 g/mol. The Morgan fingerprint density at radius 2 is 2.50 bits per heavy atom. The van der Waals surface area contributed by atoms with Gasteiger partial charge < -0.3 is 11.3 Å². The normalized spacial score (nSPS) is 9.50. The van der Waals surface area contributed by atoms with Gasteiger partial charge in [-0.3, -0.25) is 0 Å². The molecular formula is C2H8N4. The Labute approximate surface area is 36.4 Å². The van der Waals surface area contributed by atoms with Gasteiger partial charge in [0.25, 0.3) is 0 Å². The molecule has 4 N–H and O–H groups in total. The molecule has 36 valence electrons. The molecule has 0 aromatic rings. The first-order valence-electron chi connectivity index (χ1n) is 1.56. The molecule has 0 amide bonds. The van der Waals surface area contributed by atoms with Crippen molar-refractivity contribution >= 4 is 6.34 Å². The summed E-state index contributed by atoms with van der Waals surface area (Å²) < 4.78 is 0. The molecule has 4 nitrogen and oxygen atoms in total. The van der Waals surface area contributed by atoms with Gasteiger partial charge in [-0.15, -0.1) is 0 Å². The van der Waals surface area contributed by atoms with E-state index in [0.717, 1.165) is 0 Å². The molecule has 0 bridgehead atoms. The molecule has 0 spiro atoms. The highest BCUT2D eigenvalue weighted by molar-refractivity contribution is 5.52. The summed E-state index contributed by atoms with van der Waals surface area (Å²) in [5.41, 5.74) is 5.12. The van der Waals surface area contributed by atoms with Crippen molar-refractivity contribution < 1.29 is 0 Å². The standard InChI is InChI=1S/C2H8N4/c1-4-6-2-5-3/h2,4H,3H2,1H3,(H,5,6). The van der Waals surface area contributed by atoms with Gasteiger partial charge in [-0.05, 0) is 0 Å². The maximum atomic E-state index is 4.68. The van der Waals surface area contributed by atoms with Gasteiger partial charge in [-0.2, -0.15) is 5.10 Å². The summed E-state index contributed by atoms with van der Waals surface area (Å²) in [5.74, 6) is 4.68. The van der Waals surface area contributed by atoms with Gasteiger partial charge in [0.1, 0.15) is 6.34 Å². The van der Waals surface area contributed by atoms with Crippen molar-refractivity contribution in [3.63, 3.8) is 0 Å². The Morgan fingerprint density at radius 3 is 2.67 bits per heavy atom. The molecule has 4 heteroatoms. The van der Waals surface area contributed by atoms with Crippen LogP contribution in [0.2, 0.25) is 0 Å². The fourth-order valence-electron chi connectivity index (χ4n) is 0.102. The zero-order valence-electron chi connectivity index (χ0n) is 3.60. The number of hydrazone groups is 1. The summed E-state index contributed by atoms with van der Waals surface area (Å²) in [4.78, 5) is 0. The number of hydrazine groups is 1. The van der Waals surface area contributed by atoms with Crippen molar-refractivity contribution in [2.24, 2.45) is 10.9 Å². The highest BCUT2D eigenvalue weighted by atomic mass is 15.4. The molecule has 0 saturated carbocycles. The summed E-state index contributed by atoms with van der Waals surface area (Å²) in [5, 5.41) is 3.13. The summed E-state index contributed by atoms with van der Waals surface area (Å²) in [6.07, 6.45) is 1.35. The van der Waals surface area contributed by atoms with Crippen molar-refractivity contribution in [3.05, 3.63) is 0 Å². The summed E-state index contributed by atoms with van der Waals surface area (Å²) >= 11 is 0. The summed E-state index contributed by atoms with van der Waals surface area (Å²) in [6.45, 7) is 0. The van der Waals surface area contributed by atoms with Gasteiger partial charge >= 0.3 is 0 Å². The van der Waals surface area contributed by atoms with E-state index in [1.165, 1.54) is 6.34 Å². The smallest absolute Gasteiger partial charge is 0.122 e. The molecule has 6 heavy (non-hydrogen) atoms. The number of rotatable bonds is 2. The highest BCUT2D eigenvalue weighted by Gasteiger charge is 1.55. The first kappa shape index (κ1) is 5.23. The first-order valence-corrected chi connectivity index (χ1v) is 1.56. The molecule has 0 saturated heterocycles. The second-order valence-electron chi connectivity index (χ2n) is 0.673. The SMILES string of the molecule is CNNC=NN. The van der Waals surface area contributed by atoms with Crippen LogP contribution in [-0.4, -0.2) is 13.4 Å². The number of hydrogen-bond donors (Lipinski definition) is 3. The predicted octanol–water partition coefficient (Wildman–Crippen LogP) is -1.39. The van der Waals surface area contributed by atoms with E-state index in [-0.39, 0.29) is 0 Å². The van der Waals surface area contributed by atoms with Crippen LogP contribution in [0.4, 0.5) is 0 Å². The van der Waals surface area contributed by atoms with E-state index < -0.39 is 0 Å². The third kappa shape index (κ3) is 3.23. The average molecular weight is 88.1 g/mol. The lowest BCUT2D eigenvalue weighted by Crippen LogP contribution is -2.25. The molecule has 0 radical (unpaired) electrons. The van der Waals surface area contributed by atoms with Crippen molar-refractivity contribution in [2.45, 2.75) is 0 Å². The van der Waals surface area contributed by atoms with E-state index in [0.29, 0.717) is 0 Å². The Morgan fingerprint density at radius 1 is 1.83 bits per heavy atom. The number of hydrogen-bond acceptors (Lipinski definition) is 3. The van der Waals surface area contributed by atoms with Crippen LogP contribution in [0, 0.1) is 0 Å². The molecule has 0 aliphatic rings. The lowest BCUT2D eigenvalue weighted by molar-refractivity contribution is 0.779. The van der Waals surface area contributed by atoms with E-state index in [4.69, 9.17) is 0 Å². The maximum absolute atomic E-state index is 4.68. The summed E-state index contributed by atoms with van der Waals surface area (Å²) in [7, 11) is 1.72. The lowest BCUT2D eigenvalue weighted by atomic mass is 11.3. The Kier molecular flexibility index (Phi) is 3.69. The zero-order chi connectivity index (χ0) is 4.83. The third-order valence-electron chi connectivity index (χ3n) is 0.283. The first-order chi connectivity index (χ1) is 2.91. The molecule has 0 aromatic carbocycles. The Bertz CT molecular complexity index is 40.8. The van der Waals surface area contributed by atoms with E-state index >= 15 is 0 Å². The molecule has 0 rings (SSSR count). The second kappa shape index (κ2) is 4.23. The Hall–Kier alpha value is -0.770. The van der Waals surface area contributed by atoms with E-state index in [1.807, 2.05) is 0 Å². The Balaban J connectivity index is 2.66. The quantitative estimate of drug-likeness (QED) is 0.168. The minimum atomic E-state index is 1.35. The van der Waals surface area contributed by atoms with Crippen LogP contribution in [0.5, 0.6) is 0 Å². The molecule has 0 atom stereocenters. The predicted molar refractivity (Wildman–Crippen MR) is 24.9 cm³/mol. The van der Waals surface area contributed by atoms with E-state index in [1.54, 1.807) is 7.05 Å². The molecular weight excluding hydrogens is 80.1 g/mol. The van der Waals surface area contributed by atoms with Gasteiger partial charge in [0.2, 0.25) is 0 Å². The fraction of sp³-hybridized carbons (Fsp3) is 0.500. The maximum Gasteiger partial charge on any atom is 0.122 e. The van der Waals surface area contributed by atoms with Gasteiger partial charge in [-0.25, -0.2) is 5.43 Å². The van der Waals surface area contributed by atoms with Crippen LogP contribution in [-0.2, 0) is 0 Å². The second-order valence-corrected chi connectivity index (χ2v) is 0.673. The van der Waals surface area contributed by atoms with Crippen LogP contribution in [0.25, 0.3) is 0 Å². The highest BCUT2D eigenvalue weighted by Crippen LogP contribution is 1.29. The molecule has 0 heterocycles. The van der Waals surface area contributed by atoms with Gasteiger partial charge in [0.15, 0.2) is 0 Å². The molecule has 0 aliphatic carbocycles. The minimum absolute atomic E-state index is 1.35. The number of nitrogens with zero attached hydrogens (tertiary/aromatic N) is 1. The zero-order valence-corrected chi connectivity index (χ0v) is 3.60.